The van der Waals surface area contributed by atoms with Gasteiger partial charge < -0.3 is 35.0 Å². The number of hydrogen-bond acceptors (Lipinski definition) is 9. The number of rotatable bonds is 3. The number of aliphatic hydroxyl groups excluding tert-OH is 3. The van der Waals surface area contributed by atoms with E-state index in [1.54, 1.807) is 32.9 Å². The van der Waals surface area contributed by atoms with Crippen LogP contribution in [-0.4, -0.2) is 68.0 Å². The van der Waals surface area contributed by atoms with Gasteiger partial charge in [0.15, 0.2) is 12.4 Å². The topological polar surface area (TPSA) is 154 Å². The number of phenols is 2. The average Bonchev–Trinajstić information content (AvgIpc) is 2.73. The molecule has 0 saturated carbocycles. The number of carbonyl (C=O) groups excluding carboxylic acids is 2. The van der Waals surface area contributed by atoms with Crippen molar-refractivity contribution in [3.8, 4) is 11.5 Å². The van der Waals surface area contributed by atoms with Crippen molar-refractivity contribution in [2.24, 2.45) is 0 Å². The van der Waals surface area contributed by atoms with Gasteiger partial charge in [0.05, 0.1) is 11.1 Å². The molecule has 1 saturated heterocycles. The van der Waals surface area contributed by atoms with Crippen LogP contribution in [0.4, 0.5) is 0 Å². The number of benzene rings is 2. The highest BCUT2D eigenvalue weighted by Crippen LogP contribution is 2.47. The number of aliphatic hydroxyl groups is 3. The summed E-state index contributed by atoms with van der Waals surface area (Å²) >= 11 is 0. The molecule has 34 heavy (non-hydrogen) atoms. The van der Waals surface area contributed by atoms with Crippen LogP contribution in [0.15, 0.2) is 42.0 Å². The second kappa shape index (κ2) is 8.84. The first kappa shape index (κ1) is 23.9. The molecule has 180 valence electrons. The molecule has 9 nitrogen and oxygen atoms in total. The molecule has 0 aromatic heterocycles. The minimum Gasteiger partial charge on any atom is -0.507 e. The highest BCUT2D eigenvalue weighted by atomic mass is 16.7. The van der Waals surface area contributed by atoms with Crippen LogP contribution < -0.4 is 0 Å². The Morgan fingerprint density at radius 2 is 1.68 bits per heavy atom. The lowest BCUT2D eigenvalue weighted by atomic mass is 9.71. The van der Waals surface area contributed by atoms with Crippen molar-refractivity contribution in [2.75, 3.05) is 0 Å². The zero-order valence-corrected chi connectivity index (χ0v) is 18.8. The summed E-state index contributed by atoms with van der Waals surface area (Å²) in [6.45, 7) is 5.05. The highest BCUT2D eigenvalue weighted by molar-refractivity contribution is 6.16. The maximum absolute atomic E-state index is 13.2. The van der Waals surface area contributed by atoms with Gasteiger partial charge in [0.1, 0.15) is 29.8 Å². The van der Waals surface area contributed by atoms with E-state index in [0.717, 1.165) is 0 Å². The maximum Gasteiger partial charge on any atom is 0.331 e. The summed E-state index contributed by atoms with van der Waals surface area (Å²) in [5, 5.41) is 53.3. The maximum atomic E-state index is 13.2. The van der Waals surface area contributed by atoms with Gasteiger partial charge in [-0.15, -0.1) is 0 Å². The largest absolute Gasteiger partial charge is 0.507 e. The smallest absolute Gasteiger partial charge is 0.331 e. The summed E-state index contributed by atoms with van der Waals surface area (Å²) in [4.78, 5) is 25.2. The normalized spacial score (nSPS) is 28.0. The van der Waals surface area contributed by atoms with Gasteiger partial charge in [-0.3, -0.25) is 4.79 Å². The van der Waals surface area contributed by atoms with Gasteiger partial charge in [0.2, 0.25) is 5.78 Å². The van der Waals surface area contributed by atoms with E-state index in [0.29, 0.717) is 22.3 Å². The van der Waals surface area contributed by atoms with Crippen LogP contribution in [0, 0.1) is 6.92 Å². The SMILES string of the molecule is CC(C)=CC(=O)OC1C(O)OC(C2c3cccc(O)c3C(=O)c3c(O)cc(C)cc32)C(O)C1O. The van der Waals surface area contributed by atoms with Gasteiger partial charge in [-0.1, -0.05) is 23.8 Å². The predicted octanol–water partition coefficient (Wildman–Crippen LogP) is 1.40. The molecule has 0 amide bonds. The Labute approximate surface area is 195 Å². The van der Waals surface area contributed by atoms with Crippen LogP contribution in [0.5, 0.6) is 11.5 Å². The Morgan fingerprint density at radius 1 is 1.00 bits per heavy atom. The van der Waals surface area contributed by atoms with Gasteiger partial charge in [0.25, 0.3) is 0 Å². The van der Waals surface area contributed by atoms with Gasteiger partial charge in [-0.05, 0) is 49.6 Å². The summed E-state index contributed by atoms with van der Waals surface area (Å²) < 4.78 is 10.8. The molecule has 1 aliphatic heterocycles. The lowest BCUT2D eigenvalue weighted by Crippen LogP contribution is -2.60. The third kappa shape index (κ3) is 3.97. The van der Waals surface area contributed by atoms with Gasteiger partial charge in [0, 0.05) is 12.0 Å². The summed E-state index contributed by atoms with van der Waals surface area (Å²) in [5.74, 6) is -3.00. The first-order valence-corrected chi connectivity index (χ1v) is 10.8. The molecule has 6 atom stereocenters. The van der Waals surface area contributed by atoms with Crippen LogP contribution >= 0.6 is 0 Å². The van der Waals surface area contributed by atoms with E-state index >= 15 is 0 Å². The molecular formula is C25H26O9. The van der Waals surface area contributed by atoms with Gasteiger partial charge >= 0.3 is 5.97 Å². The van der Waals surface area contributed by atoms with Crippen molar-refractivity contribution >= 4 is 11.8 Å². The third-order valence-corrected chi connectivity index (χ3v) is 6.08. The van der Waals surface area contributed by atoms with Crippen molar-refractivity contribution < 1.29 is 44.6 Å². The van der Waals surface area contributed by atoms with Crippen LogP contribution in [0.1, 0.15) is 52.4 Å². The summed E-state index contributed by atoms with van der Waals surface area (Å²) in [7, 11) is 0. The lowest BCUT2D eigenvalue weighted by Gasteiger charge is -2.44. The number of carbonyl (C=O) groups is 2. The van der Waals surface area contributed by atoms with Crippen LogP contribution in [-0.2, 0) is 14.3 Å². The Kier molecular flexibility index (Phi) is 6.22. The number of allylic oxidation sites excluding steroid dienone is 1. The van der Waals surface area contributed by atoms with E-state index in [1.807, 2.05) is 0 Å². The first-order valence-electron chi connectivity index (χ1n) is 10.8. The molecule has 4 rings (SSSR count). The molecule has 9 heteroatoms. The van der Waals surface area contributed by atoms with E-state index in [1.165, 1.54) is 24.3 Å². The second-order valence-electron chi connectivity index (χ2n) is 8.89. The van der Waals surface area contributed by atoms with Crippen molar-refractivity contribution in [2.45, 2.75) is 57.4 Å². The Morgan fingerprint density at radius 3 is 2.35 bits per heavy atom. The monoisotopic (exact) mass is 470 g/mol. The third-order valence-electron chi connectivity index (χ3n) is 6.08. The van der Waals surface area contributed by atoms with Crippen molar-refractivity contribution in [1.29, 1.82) is 0 Å². The molecule has 2 aromatic carbocycles. The highest BCUT2D eigenvalue weighted by Gasteiger charge is 2.51. The zero-order valence-electron chi connectivity index (χ0n) is 18.8. The molecule has 0 spiro atoms. The predicted molar refractivity (Wildman–Crippen MR) is 118 cm³/mol. The van der Waals surface area contributed by atoms with E-state index in [4.69, 9.17) is 9.47 Å². The minimum absolute atomic E-state index is 0.0681. The lowest BCUT2D eigenvalue weighted by molar-refractivity contribution is -0.287. The summed E-state index contributed by atoms with van der Waals surface area (Å²) in [6, 6.07) is 7.45. The summed E-state index contributed by atoms with van der Waals surface area (Å²) in [5.41, 5.74) is 1.73. The minimum atomic E-state index is -1.79. The average molecular weight is 470 g/mol. The van der Waals surface area contributed by atoms with Gasteiger partial charge in [-0.2, -0.15) is 0 Å². The fourth-order valence-corrected chi connectivity index (χ4v) is 4.68. The van der Waals surface area contributed by atoms with E-state index in [-0.39, 0.29) is 22.6 Å². The standard InChI is InChI=1S/C25H26O9/c1-10(2)7-16(28)33-24-22(31)21(30)23(34-25(24)32)17-12-5-4-6-14(26)18(12)20(29)19-13(17)8-11(3)9-15(19)27/h4-9,17,21-27,30-32H,1-3H3. The van der Waals surface area contributed by atoms with E-state index < -0.39 is 48.4 Å². The van der Waals surface area contributed by atoms with Crippen molar-refractivity contribution in [3.63, 3.8) is 0 Å². The van der Waals surface area contributed by atoms with Crippen LogP contribution in [0.25, 0.3) is 0 Å². The Hall–Kier alpha value is -3.24. The van der Waals surface area contributed by atoms with E-state index in [9.17, 15) is 35.1 Å². The van der Waals surface area contributed by atoms with Gasteiger partial charge in [-0.25, -0.2) is 4.79 Å². The fourth-order valence-electron chi connectivity index (χ4n) is 4.68. The molecule has 1 heterocycles. The molecule has 1 aliphatic carbocycles. The number of aromatic hydroxyl groups is 2. The Balaban J connectivity index is 1.79. The zero-order chi connectivity index (χ0) is 24.9. The van der Waals surface area contributed by atoms with Crippen molar-refractivity contribution in [1.82, 2.24) is 0 Å². The number of ether oxygens (including phenoxy) is 2. The Bertz CT molecular complexity index is 1180. The fraction of sp³-hybridized carbons (Fsp3) is 0.360. The number of hydrogen-bond donors (Lipinski definition) is 5. The molecule has 2 aromatic rings. The second-order valence-corrected chi connectivity index (χ2v) is 8.89. The molecule has 2 aliphatic rings. The van der Waals surface area contributed by atoms with Crippen molar-refractivity contribution in [3.05, 3.63) is 69.8 Å². The number of esters is 1. The number of fused-ring (bicyclic) bond motifs is 2. The van der Waals surface area contributed by atoms with E-state index in [2.05, 4.69) is 0 Å². The van der Waals surface area contributed by atoms with Crippen LogP contribution in [0.3, 0.4) is 0 Å². The molecule has 0 radical (unpaired) electrons. The molecule has 6 unspecified atom stereocenters. The molecule has 5 N–H and O–H groups in total. The molecule has 0 bridgehead atoms. The molecular weight excluding hydrogens is 444 g/mol. The number of aryl methyl sites for hydroxylation is 1. The number of ketones is 1. The quantitative estimate of drug-likeness (QED) is 0.331. The summed E-state index contributed by atoms with van der Waals surface area (Å²) in [6.07, 6.45) is -6.87. The van der Waals surface area contributed by atoms with Crippen LogP contribution in [0.2, 0.25) is 0 Å². The molecule has 1 fully saturated rings. The number of phenolic OH excluding ortho intramolecular Hbond substituents is 2. The first-order chi connectivity index (χ1) is 16.0.